The van der Waals surface area contributed by atoms with Crippen LogP contribution in [-0.4, -0.2) is 9.55 Å². The lowest BCUT2D eigenvalue weighted by Gasteiger charge is -2.36. The molecule has 0 saturated carbocycles. The number of para-hydroxylation sites is 2. The summed E-state index contributed by atoms with van der Waals surface area (Å²) in [6.45, 7) is 6.74. The lowest BCUT2D eigenvalue weighted by Crippen LogP contribution is -2.30. The molecule has 0 unspecified atom stereocenters. The summed E-state index contributed by atoms with van der Waals surface area (Å²) in [7, 11) is 0. The van der Waals surface area contributed by atoms with E-state index in [0.29, 0.717) is 0 Å². The number of fused-ring (bicyclic) bond motifs is 4. The lowest BCUT2D eigenvalue weighted by molar-refractivity contribution is 0.753. The van der Waals surface area contributed by atoms with Gasteiger partial charge in [-0.25, -0.2) is 4.98 Å². The third-order valence-corrected chi connectivity index (χ3v) is 11.7. The molecule has 0 spiro atoms. The summed E-state index contributed by atoms with van der Waals surface area (Å²) in [5, 5.41) is 0. The monoisotopic (exact) mass is 704 g/mol. The van der Waals surface area contributed by atoms with Crippen LogP contribution in [0.2, 0.25) is 0 Å². The van der Waals surface area contributed by atoms with Crippen molar-refractivity contribution in [3.05, 3.63) is 227 Å². The molecule has 0 atom stereocenters. The number of imidazole rings is 1. The highest BCUT2D eigenvalue weighted by Crippen LogP contribution is 2.58. The molecule has 262 valence electrons. The van der Waals surface area contributed by atoms with Gasteiger partial charge in [0.05, 0.1) is 16.4 Å². The van der Waals surface area contributed by atoms with Crippen molar-refractivity contribution in [3.8, 4) is 50.5 Å². The third kappa shape index (κ3) is 5.21. The fourth-order valence-electron chi connectivity index (χ4n) is 9.06. The summed E-state index contributed by atoms with van der Waals surface area (Å²) in [5.41, 5.74) is 20.5. The normalized spacial score (nSPS) is 12.8. The smallest absolute Gasteiger partial charge is 0.145 e. The van der Waals surface area contributed by atoms with Crippen molar-refractivity contribution in [2.75, 3.05) is 0 Å². The summed E-state index contributed by atoms with van der Waals surface area (Å²) in [5.74, 6) is 0.945. The van der Waals surface area contributed by atoms with Gasteiger partial charge in [0.1, 0.15) is 5.82 Å². The summed E-state index contributed by atoms with van der Waals surface area (Å²) in [4.78, 5) is 5.03. The Bertz CT molecular complexity index is 2830. The van der Waals surface area contributed by atoms with Gasteiger partial charge >= 0.3 is 0 Å². The predicted molar refractivity (Wildman–Crippen MR) is 229 cm³/mol. The highest BCUT2D eigenvalue weighted by molar-refractivity contribution is 5.89. The number of hydrogen-bond donors (Lipinski definition) is 0. The Morgan fingerprint density at radius 1 is 0.400 bits per heavy atom. The van der Waals surface area contributed by atoms with Crippen LogP contribution in [0.15, 0.2) is 188 Å². The number of benzene rings is 8. The quantitative estimate of drug-likeness (QED) is 0.168. The van der Waals surface area contributed by atoms with Crippen LogP contribution in [0.25, 0.3) is 61.5 Å². The van der Waals surface area contributed by atoms with E-state index in [4.69, 9.17) is 4.98 Å². The molecular weight excluding hydrogens is 665 g/mol. The van der Waals surface area contributed by atoms with E-state index in [1.165, 1.54) is 72.3 Å². The van der Waals surface area contributed by atoms with Gasteiger partial charge in [0, 0.05) is 11.3 Å². The van der Waals surface area contributed by atoms with E-state index >= 15 is 0 Å². The fourth-order valence-corrected chi connectivity index (χ4v) is 9.06. The Balaban J connectivity index is 1.05. The fraction of sp³-hybridized carbons (Fsp3) is 0.0755. The molecule has 0 amide bonds. The first-order chi connectivity index (χ1) is 27.0. The molecule has 8 aromatic carbocycles. The van der Waals surface area contributed by atoms with Crippen LogP contribution in [0, 0.1) is 20.8 Å². The Hall–Kier alpha value is -6.77. The second-order valence-corrected chi connectivity index (χ2v) is 14.9. The topological polar surface area (TPSA) is 17.8 Å². The average molecular weight is 705 g/mol. The molecule has 1 aromatic heterocycles. The van der Waals surface area contributed by atoms with Gasteiger partial charge in [-0.15, -0.1) is 0 Å². The Kier molecular flexibility index (Phi) is 7.74. The lowest BCUT2D eigenvalue weighted by atomic mass is 9.65. The van der Waals surface area contributed by atoms with Gasteiger partial charge in [0.25, 0.3) is 0 Å². The molecule has 1 aliphatic carbocycles. The number of nitrogens with zero attached hydrogens (tertiary/aromatic N) is 2. The summed E-state index contributed by atoms with van der Waals surface area (Å²) >= 11 is 0. The zero-order valence-corrected chi connectivity index (χ0v) is 31.3. The van der Waals surface area contributed by atoms with Crippen molar-refractivity contribution in [3.63, 3.8) is 0 Å². The van der Waals surface area contributed by atoms with Gasteiger partial charge in [0.2, 0.25) is 0 Å². The largest absolute Gasteiger partial charge is 0.292 e. The molecule has 0 aliphatic heterocycles. The molecule has 10 rings (SSSR count). The number of hydrogen-bond acceptors (Lipinski definition) is 1. The van der Waals surface area contributed by atoms with Gasteiger partial charge in [-0.3, -0.25) is 4.57 Å². The summed E-state index contributed by atoms with van der Waals surface area (Å²) in [6.07, 6.45) is 0. The highest BCUT2D eigenvalue weighted by Gasteiger charge is 2.47. The van der Waals surface area contributed by atoms with Crippen molar-refractivity contribution in [1.82, 2.24) is 9.55 Å². The van der Waals surface area contributed by atoms with Crippen LogP contribution >= 0.6 is 0 Å². The number of aryl methyl sites for hydroxylation is 3. The van der Waals surface area contributed by atoms with Crippen molar-refractivity contribution < 1.29 is 0 Å². The maximum Gasteiger partial charge on any atom is 0.145 e. The molecule has 0 radical (unpaired) electrons. The van der Waals surface area contributed by atoms with Gasteiger partial charge in [-0.1, -0.05) is 163 Å². The minimum Gasteiger partial charge on any atom is -0.292 e. The minimum atomic E-state index is -0.438. The van der Waals surface area contributed by atoms with Crippen LogP contribution in [-0.2, 0) is 5.41 Å². The number of rotatable bonds is 6. The third-order valence-electron chi connectivity index (χ3n) is 11.7. The van der Waals surface area contributed by atoms with E-state index in [2.05, 4.69) is 207 Å². The summed E-state index contributed by atoms with van der Waals surface area (Å²) in [6, 6.07) is 68.8. The second kappa shape index (κ2) is 13.0. The van der Waals surface area contributed by atoms with E-state index in [-0.39, 0.29) is 0 Å². The molecule has 0 saturated heterocycles. The van der Waals surface area contributed by atoms with E-state index in [9.17, 15) is 0 Å². The van der Waals surface area contributed by atoms with Crippen molar-refractivity contribution >= 4 is 11.0 Å². The molecule has 1 aliphatic rings. The second-order valence-electron chi connectivity index (χ2n) is 14.9. The molecule has 2 nitrogen and oxygen atoms in total. The molecule has 1 heterocycles. The standard InChI is InChI=1S/C53H40N2/c1-35-21-31-44-45-32-28-42(34-49(45)53(48(44)33-35,46-17-9-7-13-36(46)2)47-18-10-8-14-37(47)3)40-24-22-38(23-25-40)39-26-29-43(30-27-39)55-51-20-12-11-19-50(51)54-52(55)41-15-5-4-6-16-41/h4-34H,1-3H3. The average Bonchev–Trinajstić information content (AvgIpc) is 3.75. The molecule has 55 heavy (non-hydrogen) atoms. The maximum absolute atomic E-state index is 5.03. The first kappa shape index (κ1) is 32.8. The summed E-state index contributed by atoms with van der Waals surface area (Å²) < 4.78 is 2.26. The molecule has 0 fully saturated rings. The number of aromatic nitrogens is 2. The van der Waals surface area contributed by atoms with E-state index in [0.717, 1.165) is 28.1 Å². The highest BCUT2D eigenvalue weighted by atomic mass is 15.1. The molecule has 9 aromatic rings. The van der Waals surface area contributed by atoms with E-state index < -0.39 is 5.41 Å². The van der Waals surface area contributed by atoms with Gasteiger partial charge in [0.15, 0.2) is 0 Å². The SMILES string of the molecule is Cc1ccc2c(c1)C(c1ccccc1C)(c1ccccc1C)c1cc(-c3ccc(-c4ccc(-n5c(-c6ccccc6)nc6ccccc65)cc4)cc3)ccc1-2. The molecule has 2 heteroatoms. The Morgan fingerprint density at radius 3 is 1.56 bits per heavy atom. The van der Waals surface area contributed by atoms with Gasteiger partial charge in [-0.2, -0.15) is 0 Å². The zero-order chi connectivity index (χ0) is 37.1. The van der Waals surface area contributed by atoms with Gasteiger partial charge < -0.3 is 0 Å². The van der Waals surface area contributed by atoms with Crippen LogP contribution < -0.4 is 0 Å². The molecular formula is C53H40N2. The van der Waals surface area contributed by atoms with Crippen LogP contribution in [0.5, 0.6) is 0 Å². The first-order valence-electron chi connectivity index (χ1n) is 19.1. The molecule has 0 bridgehead atoms. The van der Waals surface area contributed by atoms with Crippen molar-refractivity contribution in [2.45, 2.75) is 26.2 Å². The van der Waals surface area contributed by atoms with Crippen LogP contribution in [0.4, 0.5) is 0 Å². The first-order valence-corrected chi connectivity index (χ1v) is 19.1. The predicted octanol–water partition coefficient (Wildman–Crippen LogP) is 13.3. The van der Waals surface area contributed by atoms with E-state index in [1.54, 1.807) is 0 Å². The Morgan fingerprint density at radius 2 is 0.909 bits per heavy atom. The van der Waals surface area contributed by atoms with Crippen LogP contribution in [0.3, 0.4) is 0 Å². The van der Waals surface area contributed by atoms with Crippen molar-refractivity contribution in [1.29, 1.82) is 0 Å². The Labute approximate surface area is 323 Å². The minimum absolute atomic E-state index is 0.438. The van der Waals surface area contributed by atoms with Crippen molar-refractivity contribution in [2.24, 2.45) is 0 Å². The van der Waals surface area contributed by atoms with Crippen LogP contribution in [0.1, 0.15) is 38.9 Å². The zero-order valence-electron chi connectivity index (χ0n) is 31.3. The van der Waals surface area contributed by atoms with Gasteiger partial charge in [-0.05, 0) is 118 Å². The molecule has 0 N–H and O–H groups in total. The maximum atomic E-state index is 5.03. The van der Waals surface area contributed by atoms with E-state index in [1.807, 2.05) is 6.07 Å².